The Morgan fingerprint density at radius 1 is 1.57 bits per heavy atom. The lowest BCUT2D eigenvalue weighted by Gasteiger charge is -1.95. The SMILES string of the molecule is Cn1c(=O)oc2ccc(CN=N)cc21. The molecule has 1 heterocycles. The molecule has 0 fully saturated rings. The zero-order valence-corrected chi connectivity index (χ0v) is 7.65. The average Bonchev–Trinajstić information content (AvgIpc) is 2.45. The molecule has 0 aliphatic rings. The summed E-state index contributed by atoms with van der Waals surface area (Å²) in [6, 6.07) is 5.32. The predicted octanol–water partition coefficient (Wildman–Crippen LogP) is 1.66. The number of hydrogen-bond acceptors (Lipinski definition) is 4. The van der Waals surface area contributed by atoms with Gasteiger partial charge in [0.2, 0.25) is 0 Å². The Bertz CT molecular complexity index is 538. The summed E-state index contributed by atoms with van der Waals surface area (Å²) in [6.07, 6.45) is 0. The lowest BCUT2D eigenvalue weighted by atomic mass is 10.2. The summed E-state index contributed by atoms with van der Waals surface area (Å²) in [6.45, 7) is 0.329. The van der Waals surface area contributed by atoms with Crippen molar-refractivity contribution in [2.24, 2.45) is 12.2 Å². The Balaban J connectivity index is 2.69. The lowest BCUT2D eigenvalue weighted by molar-refractivity contribution is 0.528. The minimum absolute atomic E-state index is 0.329. The van der Waals surface area contributed by atoms with Gasteiger partial charge in [-0.05, 0) is 17.7 Å². The van der Waals surface area contributed by atoms with E-state index in [1.54, 1.807) is 25.2 Å². The normalized spacial score (nSPS) is 10.6. The van der Waals surface area contributed by atoms with Crippen LogP contribution in [0.2, 0.25) is 0 Å². The number of nitrogens with one attached hydrogen (secondary N) is 1. The first-order valence-corrected chi connectivity index (χ1v) is 4.14. The molecule has 0 saturated heterocycles. The quantitative estimate of drug-likeness (QED) is 0.733. The molecule has 0 spiro atoms. The Morgan fingerprint density at radius 2 is 2.36 bits per heavy atom. The number of aryl methyl sites for hydroxylation is 1. The fraction of sp³-hybridized carbons (Fsp3) is 0.222. The van der Waals surface area contributed by atoms with Crippen molar-refractivity contribution in [3.8, 4) is 0 Å². The van der Waals surface area contributed by atoms with Gasteiger partial charge in [-0.25, -0.2) is 10.3 Å². The van der Waals surface area contributed by atoms with Gasteiger partial charge in [0, 0.05) is 7.05 Å². The van der Waals surface area contributed by atoms with Crippen LogP contribution in [0.5, 0.6) is 0 Å². The van der Waals surface area contributed by atoms with E-state index < -0.39 is 0 Å². The molecule has 0 aliphatic heterocycles. The molecule has 0 amide bonds. The van der Waals surface area contributed by atoms with Crippen LogP contribution >= 0.6 is 0 Å². The molecule has 0 bridgehead atoms. The summed E-state index contributed by atoms with van der Waals surface area (Å²) >= 11 is 0. The maximum absolute atomic E-state index is 11.1. The molecule has 0 aliphatic carbocycles. The molecule has 2 aromatic rings. The smallest absolute Gasteiger partial charge is 0.408 e. The molecule has 14 heavy (non-hydrogen) atoms. The van der Waals surface area contributed by atoms with Crippen LogP contribution in [-0.4, -0.2) is 4.57 Å². The number of oxazole rings is 1. The summed E-state index contributed by atoms with van der Waals surface area (Å²) in [5.74, 6) is -0.375. The van der Waals surface area contributed by atoms with Crippen molar-refractivity contribution in [3.05, 3.63) is 34.3 Å². The summed E-state index contributed by atoms with van der Waals surface area (Å²) in [5, 5.41) is 3.28. The van der Waals surface area contributed by atoms with Crippen molar-refractivity contribution in [3.63, 3.8) is 0 Å². The minimum Gasteiger partial charge on any atom is -0.408 e. The molecule has 1 aromatic heterocycles. The zero-order valence-electron chi connectivity index (χ0n) is 7.65. The molecule has 0 unspecified atom stereocenters. The summed E-state index contributed by atoms with van der Waals surface area (Å²) in [7, 11) is 1.65. The van der Waals surface area contributed by atoms with E-state index in [4.69, 9.17) is 9.95 Å². The summed E-state index contributed by atoms with van der Waals surface area (Å²) < 4.78 is 6.40. The van der Waals surface area contributed by atoms with Crippen LogP contribution in [0.3, 0.4) is 0 Å². The molecule has 5 heteroatoms. The maximum Gasteiger partial charge on any atom is 0.419 e. The van der Waals surface area contributed by atoms with E-state index in [1.165, 1.54) is 4.57 Å². The highest BCUT2D eigenvalue weighted by atomic mass is 16.4. The minimum atomic E-state index is -0.375. The van der Waals surface area contributed by atoms with Crippen LogP contribution in [0.15, 0.2) is 32.5 Å². The summed E-state index contributed by atoms with van der Waals surface area (Å²) in [4.78, 5) is 11.1. The third kappa shape index (κ3) is 1.22. The first-order valence-electron chi connectivity index (χ1n) is 4.14. The van der Waals surface area contributed by atoms with E-state index in [-0.39, 0.29) is 5.76 Å². The highest BCUT2D eigenvalue weighted by Gasteiger charge is 2.05. The molecule has 72 valence electrons. The molecular weight excluding hydrogens is 182 g/mol. The topological polar surface area (TPSA) is 71.3 Å². The van der Waals surface area contributed by atoms with E-state index in [9.17, 15) is 4.79 Å². The van der Waals surface area contributed by atoms with Gasteiger partial charge in [0.25, 0.3) is 0 Å². The largest absolute Gasteiger partial charge is 0.419 e. The van der Waals surface area contributed by atoms with Crippen molar-refractivity contribution in [1.29, 1.82) is 5.53 Å². The lowest BCUT2D eigenvalue weighted by Crippen LogP contribution is -2.08. The first-order chi connectivity index (χ1) is 6.72. The number of hydrogen-bond donors (Lipinski definition) is 1. The fourth-order valence-corrected chi connectivity index (χ4v) is 1.36. The number of aromatic nitrogens is 1. The molecule has 0 atom stereocenters. The van der Waals surface area contributed by atoms with Crippen molar-refractivity contribution in [2.45, 2.75) is 6.54 Å². The van der Waals surface area contributed by atoms with E-state index in [0.29, 0.717) is 12.1 Å². The first kappa shape index (κ1) is 8.68. The van der Waals surface area contributed by atoms with E-state index in [0.717, 1.165) is 11.1 Å². The second-order valence-corrected chi connectivity index (χ2v) is 3.05. The Labute approximate surface area is 79.5 Å². The average molecular weight is 191 g/mol. The van der Waals surface area contributed by atoms with Crippen molar-refractivity contribution in [1.82, 2.24) is 4.57 Å². The Kier molecular flexibility index (Phi) is 1.92. The van der Waals surface area contributed by atoms with Crippen molar-refractivity contribution in [2.75, 3.05) is 0 Å². The van der Waals surface area contributed by atoms with Gasteiger partial charge in [-0.1, -0.05) is 6.07 Å². The zero-order chi connectivity index (χ0) is 10.1. The van der Waals surface area contributed by atoms with Crippen LogP contribution in [0, 0.1) is 5.53 Å². The number of fused-ring (bicyclic) bond motifs is 1. The van der Waals surface area contributed by atoms with E-state index in [1.807, 2.05) is 0 Å². The monoisotopic (exact) mass is 191 g/mol. The third-order valence-electron chi connectivity index (χ3n) is 2.12. The highest BCUT2D eigenvalue weighted by molar-refractivity contribution is 5.73. The van der Waals surface area contributed by atoms with Gasteiger partial charge in [-0.15, -0.1) is 0 Å². The molecule has 1 N–H and O–H groups in total. The second-order valence-electron chi connectivity index (χ2n) is 3.05. The van der Waals surface area contributed by atoms with Crippen molar-refractivity contribution < 1.29 is 4.42 Å². The van der Waals surface area contributed by atoms with Crippen LogP contribution in [0.25, 0.3) is 11.1 Å². The van der Waals surface area contributed by atoms with Crippen LogP contribution in [0.4, 0.5) is 0 Å². The molecule has 2 rings (SSSR count). The Hall–Kier alpha value is -1.91. The summed E-state index contributed by atoms with van der Waals surface area (Å²) in [5.41, 5.74) is 8.93. The van der Waals surface area contributed by atoms with Gasteiger partial charge in [0.15, 0.2) is 5.58 Å². The van der Waals surface area contributed by atoms with E-state index in [2.05, 4.69) is 5.11 Å². The predicted molar refractivity (Wildman–Crippen MR) is 50.3 cm³/mol. The number of benzene rings is 1. The van der Waals surface area contributed by atoms with Crippen LogP contribution in [0.1, 0.15) is 5.56 Å². The van der Waals surface area contributed by atoms with Gasteiger partial charge in [0.1, 0.15) is 0 Å². The van der Waals surface area contributed by atoms with Crippen LogP contribution < -0.4 is 5.76 Å². The molecule has 0 radical (unpaired) electrons. The highest BCUT2D eigenvalue weighted by Crippen LogP contribution is 2.14. The number of rotatable bonds is 2. The maximum atomic E-state index is 11.1. The van der Waals surface area contributed by atoms with Gasteiger partial charge in [-0.3, -0.25) is 4.57 Å². The van der Waals surface area contributed by atoms with Gasteiger partial charge in [-0.2, -0.15) is 5.11 Å². The van der Waals surface area contributed by atoms with Gasteiger partial charge >= 0.3 is 5.76 Å². The molecule has 1 aromatic carbocycles. The van der Waals surface area contributed by atoms with Gasteiger partial charge in [0.05, 0.1) is 12.1 Å². The van der Waals surface area contributed by atoms with E-state index >= 15 is 0 Å². The molecule has 0 saturated carbocycles. The Morgan fingerprint density at radius 3 is 3.07 bits per heavy atom. The van der Waals surface area contributed by atoms with Gasteiger partial charge < -0.3 is 4.42 Å². The number of nitrogens with zero attached hydrogens (tertiary/aromatic N) is 2. The molecule has 5 nitrogen and oxygen atoms in total. The molecular formula is C9H9N3O2. The standard InChI is InChI=1S/C9H9N3O2/c1-12-7-4-6(5-11-10)2-3-8(7)14-9(12)13/h2-4,10H,5H2,1H3. The fourth-order valence-electron chi connectivity index (χ4n) is 1.36. The van der Waals surface area contributed by atoms with Crippen LogP contribution in [-0.2, 0) is 13.6 Å². The second kappa shape index (κ2) is 3.10. The van der Waals surface area contributed by atoms with Crippen molar-refractivity contribution >= 4 is 11.1 Å². The third-order valence-corrected chi connectivity index (χ3v) is 2.12.